The maximum atomic E-state index is 14.7. The van der Waals surface area contributed by atoms with Gasteiger partial charge < -0.3 is 10.2 Å². The monoisotopic (exact) mass is 684 g/mol. The molecule has 3 aliphatic carbocycles. The first-order valence-electron chi connectivity index (χ1n) is 18.1. The summed E-state index contributed by atoms with van der Waals surface area (Å²) in [5.74, 6) is -9.28. The van der Waals surface area contributed by atoms with E-state index in [2.05, 4.69) is 0 Å². The molecule has 8 nitrogen and oxygen atoms in total. The lowest BCUT2D eigenvalue weighted by Crippen LogP contribution is -2.76. The standard InChI is InChI=1S/C42H52O8/c1-21(2)27-18-26(15-16-30(44)28(22(3)4)17-25-13-11-10-12-14-25)35(45)32-29(27)19-40(8)20-41(9)33(23(5)6)36(46)31(24(7)43)38(48)42(41,50)39(49)34(40)37(32)47/h10-14,18,21-23,28,31,33-34,45,50H,15-17,19-20H2,1-9H3/t28?,31?,33?,34?,40-,41-,42+/m1/s1. The zero-order valence-electron chi connectivity index (χ0n) is 30.9. The van der Waals surface area contributed by atoms with Crippen molar-refractivity contribution >= 4 is 34.7 Å². The number of benzene rings is 2. The molecule has 0 spiro atoms. The number of rotatable bonds is 10. The number of hydrogen-bond acceptors (Lipinski definition) is 8. The molecule has 2 saturated carbocycles. The number of phenolic OH excluding ortho intramolecular Hbond substituents is 1. The summed E-state index contributed by atoms with van der Waals surface area (Å²) in [4.78, 5) is 83.4. The molecular formula is C42H52O8. The number of aryl methyl sites for hydroxylation is 1. The Hall–Kier alpha value is -3.78. The van der Waals surface area contributed by atoms with Gasteiger partial charge in [-0.2, -0.15) is 0 Å². The van der Waals surface area contributed by atoms with Gasteiger partial charge in [-0.3, -0.25) is 28.8 Å². The molecule has 5 rings (SSSR count). The Kier molecular flexibility index (Phi) is 9.80. The summed E-state index contributed by atoms with van der Waals surface area (Å²) in [7, 11) is 0. The fourth-order valence-electron chi connectivity index (χ4n) is 10.0. The van der Waals surface area contributed by atoms with E-state index in [-0.39, 0.29) is 60.5 Å². The van der Waals surface area contributed by atoms with Gasteiger partial charge in [0, 0.05) is 23.7 Å². The highest BCUT2D eigenvalue weighted by Gasteiger charge is 2.76. The predicted molar refractivity (Wildman–Crippen MR) is 189 cm³/mol. The fraction of sp³-hybridized carbons (Fsp3) is 0.571. The zero-order chi connectivity index (χ0) is 37.2. The molecule has 0 aromatic heterocycles. The number of fused-ring (bicyclic) bond motifs is 3. The first-order chi connectivity index (χ1) is 23.2. The molecule has 7 atom stereocenters. The van der Waals surface area contributed by atoms with Crippen molar-refractivity contribution in [3.8, 4) is 5.75 Å². The van der Waals surface area contributed by atoms with Gasteiger partial charge in [0.15, 0.2) is 28.7 Å². The Morgan fingerprint density at radius 3 is 2.10 bits per heavy atom. The van der Waals surface area contributed by atoms with Crippen molar-refractivity contribution in [2.24, 2.45) is 46.3 Å². The van der Waals surface area contributed by atoms with Crippen LogP contribution in [0.1, 0.15) is 114 Å². The summed E-state index contributed by atoms with van der Waals surface area (Å²) in [6, 6.07) is 11.7. The molecule has 0 saturated heterocycles. The van der Waals surface area contributed by atoms with Crippen LogP contribution < -0.4 is 0 Å². The Bertz CT molecular complexity index is 1770. The zero-order valence-corrected chi connectivity index (χ0v) is 30.9. The van der Waals surface area contributed by atoms with Crippen molar-refractivity contribution in [3.63, 3.8) is 0 Å². The topological polar surface area (TPSA) is 143 Å². The minimum Gasteiger partial charge on any atom is -0.507 e. The smallest absolute Gasteiger partial charge is 0.190 e. The van der Waals surface area contributed by atoms with Gasteiger partial charge in [-0.05, 0) is 78.0 Å². The van der Waals surface area contributed by atoms with Crippen molar-refractivity contribution in [2.75, 3.05) is 0 Å². The number of carbonyl (C=O) groups is 6. The highest BCUT2D eigenvalue weighted by Crippen LogP contribution is 2.64. The summed E-state index contributed by atoms with van der Waals surface area (Å²) in [6.45, 7) is 16.0. The van der Waals surface area contributed by atoms with E-state index in [0.29, 0.717) is 17.5 Å². The van der Waals surface area contributed by atoms with Crippen LogP contribution in [0.15, 0.2) is 36.4 Å². The second-order valence-corrected chi connectivity index (χ2v) is 16.8. The van der Waals surface area contributed by atoms with E-state index in [1.54, 1.807) is 27.7 Å². The van der Waals surface area contributed by atoms with E-state index in [9.17, 15) is 39.0 Å². The van der Waals surface area contributed by atoms with Crippen LogP contribution in [0.4, 0.5) is 0 Å². The van der Waals surface area contributed by atoms with Crippen LogP contribution in [0.25, 0.3) is 0 Å². The molecule has 8 heteroatoms. The molecule has 2 aromatic rings. The van der Waals surface area contributed by atoms with Crippen molar-refractivity contribution in [3.05, 3.63) is 64.2 Å². The average Bonchev–Trinajstić information content (AvgIpc) is 3.00. The highest BCUT2D eigenvalue weighted by molar-refractivity contribution is 6.32. The lowest BCUT2D eigenvalue weighted by molar-refractivity contribution is -0.205. The fourth-order valence-corrected chi connectivity index (χ4v) is 10.0. The molecule has 0 radical (unpaired) electrons. The van der Waals surface area contributed by atoms with Crippen LogP contribution in [0, 0.1) is 46.3 Å². The number of ketones is 6. The number of aliphatic hydroxyl groups is 1. The third-order valence-electron chi connectivity index (χ3n) is 12.3. The average molecular weight is 685 g/mol. The van der Waals surface area contributed by atoms with E-state index in [4.69, 9.17) is 0 Å². The van der Waals surface area contributed by atoms with Crippen molar-refractivity contribution in [1.29, 1.82) is 0 Å². The number of carbonyl (C=O) groups excluding carboxylic acids is 6. The maximum absolute atomic E-state index is 14.7. The van der Waals surface area contributed by atoms with E-state index in [0.717, 1.165) is 18.1 Å². The van der Waals surface area contributed by atoms with Gasteiger partial charge in [-0.15, -0.1) is 0 Å². The molecule has 2 N–H and O–H groups in total. The third-order valence-corrected chi connectivity index (χ3v) is 12.3. The summed E-state index contributed by atoms with van der Waals surface area (Å²) >= 11 is 0. The van der Waals surface area contributed by atoms with Crippen molar-refractivity contribution in [2.45, 2.75) is 106 Å². The SMILES string of the molecule is CC(=O)C1C(=O)C(C(C)C)[C@@]2(C)C[C@@]3(C)Cc4c(C(C)C)cc(CCC(=O)C(Cc5ccccc5)C(C)C)c(O)c4C(=O)C3C(=O)[C@@]2(O)C1=O. The van der Waals surface area contributed by atoms with E-state index >= 15 is 0 Å². The second-order valence-electron chi connectivity index (χ2n) is 16.8. The molecule has 4 unspecified atom stereocenters. The Morgan fingerprint density at radius 1 is 0.940 bits per heavy atom. The number of aromatic hydroxyl groups is 1. The molecular weight excluding hydrogens is 632 g/mol. The summed E-state index contributed by atoms with van der Waals surface area (Å²) in [5, 5.41) is 24.1. The molecule has 3 aliphatic rings. The van der Waals surface area contributed by atoms with Crippen LogP contribution in [0.5, 0.6) is 5.75 Å². The lowest BCUT2D eigenvalue weighted by Gasteiger charge is -2.62. The summed E-state index contributed by atoms with van der Waals surface area (Å²) in [5.41, 5.74) is -2.46. The van der Waals surface area contributed by atoms with Gasteiger partial charge >= 0.3 is 0 Å². The van der Waals surface area contributed by atoms with Crippen LogP contribution >= 0.6 is 0 Å². The van der Waals surface area contributed by atoms with Crippen LogP contribution in [0.2, 0.25) is 0 Å². The largest absolute Gasteiger partial charge is 0.507 e. The minimum absolute atomic E-state index is 0.00534. The first kappa shape index (κ1) is 37.5. The Balaban J connectivity index is 1.57. The van der Waals surface area contributed by atoms with E-state index in [1.165, 1.54) is 0 Å². The predicted octanol–water partition coefficient (Wildman–Crippen LogP) is 6.23. The summed E-state index contributed by atoms with van der Waals surface area (Å²) < 4.78 is 0. The van der Waals surface area contributed by atoms with Crippen molar-refractivity contribution < 1.29 is 39.0 Å². The molecule has 0 amide bonds. The maximum Gasteiger partial charge on any atom is 0.190 e. The quantitative estimate of drug-likeness (QED) is 0.281. The molecule has 2 aromatic carbocycles. The number of hydrogen-bond donors (Lipinski definition) is 2. The molecule has 2 fully saturated rings. The highest BCUT2D eigenvalue weighted by atomic mass is 16.3. The minimum atomic E-state index is -2.74. The van der Waals surface area contributed by atoms with Crippen LogP contribution in [-0.2, 0) is 43.2 Å². The Morgan fingerprint density at radius 2 is 1.56 bits per heavy atom. The molecule has 50 heavy (non-hydrogen) atoms. The molecule has 0 bridgehead atoms. The molecule has 0 aliphatic heterocycles. The van der Waals surface area contributed by atoms with Gasteiger partial charge in [0.05, 0.1) is 11.5 Å². The van der Waals surface area contributed by atoms with Crippen LogP contribution in [-0.4, -0.2) is 50.5 Å². The Labute approximate surface area is 295 Å². The molecule has 268 valence electrons. The van der Waals surface area contributed by atoms with E-state index in [1.807, 2.05) is 64.1 Å². The van der Waals surface area contributed by atoms with Gasteiger partial charge in [0.2, 0.25) is 0 Å². The lowest BCUT2D eigenvalue weighted by atomic mass is 9.39. The van der Waals surface area contributed by atoms with Gasteiger partial charge in [-0.1, -0.05) is 91.8 Å². The van der Waals surface area contributed by atoms with Gasteiger partial charge in [-0.25, -0.2) is 0 Å². The third kappa shape index (κ3) is 5.62. The van der Waals surface area contributed by atoms with Crippen molar-refractivity contribution in [1.82, 2.24) is 0 Å². The normalized spacial score (nSPS) is 30.0. The number of phenols is 1. The second kappa shape index (κ2) is 13.1. The molecule has 0 heterocycles. The van der Waals surface area contributed by atoms with Crippen LogP contribution in [0.3, 0.4) is 0 Å². The number of Topliss-reactive ketones (excluding diaryl/α,β-unsaturated/α-hetero) is 6. The van der Waals surface area contributed by atoms with Gasteiger partial charge in [0.1, 0.15) is 23.2 Å². The van der Waals surface area contributed by atoms with E-state index < -0.39 is 69.0 Å². The van der Waals surface area contributed by atoms with Gasteiger partial charge in [0.25, 0.3) is 0 Å². The summed E-state index contributed by atoms with van der Waals surface area (Å²) in [6.07, 6.45) is 1.15. The first-order valence-corrected chi connectivity index (χ1v) is 18.1.